The molecule has 118 valence electrons. The van der Waals surface area contributed by atoms with Gasteiger partial charge in [0.2, 0.25) is 0 Å². The molecule has 0 saturated carbocycles. The average molecular weight is 349 g/mol. The zero-order valence-electron chi connectivity index (χ0n) is 12.2. The fraction of sp³-hybridized carbons (Fsp3) is 0.133. The Morgan fingerprint density at radius 2 is 1.74 bits per heavy atom. The Balaban J connectivity index is 2.25. The predicted octanol–water partition coefficient (Wildman–Crippen LogP) is 2.85. The number of ether oxygens (including phenoxy) is 1. The highest BCUT2D eigenvalue weighted by Gasteiger charge is 2.33. The Kier molecular flexibility index (Phi) is 4.01. The number of nitrogens with zero attached hydrogens (tertiary/aromatic N) is 1. The van der Waals surface area contributed by atoms with Gasteiger partial charge in [-0.15, -0.1) is 16.4 Å². The molecule has 1 aliphatic rings. The molecule has 0 bridgehead atoms. The van der Waals surface area contributed by atoms with Gasteiger partial charge in [-0.05, 0) is 5.38 Å². The van der Waals surface area contributed by atoms with E-state index in [9.17, 15) is 14.4 Å². The number of hydrogen-bond donors (Lipinski definition) is 0. The normalized spacial score (nSPS) is 15.0. The quantitative estimate of drug-likeness (QED) is 0.616. The summed E-state index contributed by atoms with van der Waals surface area (Å²) in [7, 11) is 1.29. The van der Waals surface area contributed by atoms with E-state index in [4.69, 9.17) is 9.57 Å². The van der Waals surface area contributed by atoms with Gasteiger partial charge in [0.05, 0.1) is 12.7 Å². The average Bonchev–Trinajstić information content (AvgIpc) is 3.16. The second-order valence-corrected chi connectivity index (χ2v) is 6.12. The van der Waals surface area contributed by atoms with E-state index in [1.165, 1.54) is 42.8 Å². The van der Waals surface area contributed by atoms with Crippen LogP contribution in [-0.4, -0.2) is 25.0 Å². The van der Waals surface area contributed by atoms with Crippen molar-refractivity contribution in [1.29, 1.82) is 0 Å². The highest BCUT2D eigenvalue weighted by atomic mass is 32.1. The van der Waals surface area contributed by atoms with Crippen LogP contribution in [-0.2, 0) is 19.2 Å². The lowest BCUT2D eigenvalue weighted by Gasteiger charge is -2.18. The van der Waals surface area contributed by atoms with E-state index >= 15 is 0 Å². The number of rotatable bonds is 2. The molecule has 0 aromatic carbocycles. The lowest BCUT2D eigenvalue weighted by molar-refractivity contribution is -0.141. The number of amides is 1. The minimum Gasteiger partial charge on any atom is -0.466 e. The molecule has 6 nitrogen and oxygen atoms in total. The van der Waals surface area contributed by atoms with Crippen LogP contribution in [0, 0.1) is 0 Å². The van der Waals surface area contributed by atoms with Crippen molar-refractivity contribution >= 4 is 51.8 Å². The molecule has 0 atom stereocenters. The highest BCUT2D eigenvalue weighted by Crippen LogP contribution is 2.41. The van der Waals surface area contributed by atoms with Crippen molar-refractivity contribution < 1.29 is 24.0 Å². The third kappa shape index (κ3) is 2.66. The van der Waals surface area contributed by atoms with Crippen LogP contribution in [0.25, 0.3) is 5.57 Å². The Morgan fingerprint density at radius 1 is 1.09 bits per heavy atom. The molecule has 1 amide bonds. The topological polar surface area (TPSA) is 72.9 Å². The minimum absolute atomic E-state index is 0.368. The van der Waals surface area contributed by atoms with Gasteiger partial charge in [0, 0.05) is 45.8 Å². The van der Waals surface area contributed by atoms with E-state index in [1.807, 2.05) is 0 Å². The summed E-state index contributed by atoms with van der Waals surface area (Å²) in [6.45, 7) is 1.23. The van der Waals surface area contributed by atoms with Gasteiger partial charge in [-0.3, -0.25) is 4.79 Å². The number of hydroxylamine groups is 1. The molecule has 0 fully saturated rings. The van der Waals surface area contributed by atoms with Crippen molar-refractivity contribution in [3.05, 3.63) is 44.3 Å². The monoisotopic (exact) mass is 349 g/mol. The van der Waals surface area contributed by atoms with E-state index in [2.05, 4.69) is 0 Å². The van der Waals surface area contributed by atoms with Gasteiger partial charge in [0.25, 0.3) is 5.91 Å². The van der Waals surface area contributed by atoms with Gasteiger partial charge in [0.1, 0.15) is 5.69 Å². The fourth-order valence-electron chi connectivity index (χ4n) is 2.24. The summed E-state index contributed by atoms with van der Waals surface area (Å²) >= 11 is 2.67. The molecule has 0 radical (unpaired) electrons. The molecule has 0 saturated heterocycles. The lowest BCUT2D eigenvalue weighted by atomic mass is 9.99. The van der Waals surface area contributed by atoms with Gasteiger partial charge in [-0.2, -0.15) is 11.3 Å². The first-order valence-electron chi connectivity index (χ1n) is 6.48. The molecular formula is C15H11NO5S2. The summed E-state index contributed by atoms with van der Waals surface area (Å²) in [6.07, 6.45) is 1.33. The maximum atomic E-state index is 12.7. The zero-order chi connectivity index (χ0) is 16.6. The third-order valence-corrected chi connectivity index (χ3v) is 4.68. The molecule has 23 heavy (non-hydrogen) atoms. The maximum absolute atomic E-state index is 12.7. The third-order valence-electron chi connectivity index (χ3n) is 3.20. The molecular weight excluding hydrogens is 338 g/mol. The number of methoxy groups -OCH3 is 1. The first kappa shape index (κ1) is 15.4. The first-order chi connectivity index (χ1) is 11.0. The van der Waals surface area contributed by atoms with Crippen molar-refractivity contribution in [3.8, 4) is 0 Å². The SMILES string of the molecule is COC(=O)C=C1c2cscc2C(=O)N(OC(C)=O)c2cscc21. The van der Waals surface area contributed by atoms with E-state index in [-0.39, 0.29) is 0 Å². The van der Waals surface area contributed by atoms with Gasteiger partial charge in [-0.1, -0.05) is 0 Å². The molecule has 1 aliphatic heterocycles. The lowest BCUT2D eigenvalue weighted by Crippen LogP contribution is -2.32. The second kappa shape index (κ2) is 5.98. The molecule has 2 aromatic heterocycles. The number of carbonyl (C=O) groups is 3. The van der Waals surface area contributed by atoms with Crippen LogP contribution < -0.4 is 5.06 Å². The first-order valence-corrected chi connectivity index (χ1v) is 8.37. The van der Waals surface area contributed by atoms with Crippen LogP contribution >= 0.6 is 22.7 Å². The molecule has 0 spiro atoms. The standard InChI is InChI=1S/C15H11NO5S2/c1-8(17)21-16-13-7-23-5-11(13)9(3-14(18)20-2)10-4-22-6-12(10)15(16)19/h3-7H,1-2H3. The fourth-order valence-corrected chi connectivity index (χ4v) is 3.86. The molecule has 8 heteroatoms. The van der Waals surface area contributed by atoms with Gasteiger partial charge >= 0.3 is 11.9 Å². The number of carbonyl (C=O) groups excluding carboxylic acids is 3. The summed E-state index contributed by atoms with van der Waals surface area (Å²) in [5.41, 5.74) is 2.60. The van der Waals surface area contributed by atoms with Crippen LogP contribution in [0.1, 0.15) is 28.4 Å². The highest BCUT2D eigenvalue weighted by molar-refractivity contribution is 7.09. The minimum atomic E-state index is -0.604. The Bertz CT molecular complexity index is 833. The van der Waals surface area contributed by atoms with Gasteiger partial charge < -0.3 is 9.57 Å². The number of anilines is 1. The largest absolute Gasteiger partial charge is 0.466 e. The summed E-state index contributed by atoms with van der Waals surface area (Å²) in [5, 5.41) is 7.89. The van der Waals surface area contributed by atoms with E-state index in [0.29, 0.717) is 28.0 Å². The van der Waals surface area contributed by atoms with Crippen molar-refractivity contribution in [2.75, 3.05) is 12.2 Å². The molecule has 2 aromatic rings. The second-order valence-electron chi connectivity index (χ2n) is 4.63. The number of fused-ring (bicyclic) bond motifs is 2. The summed E-state index contributed by atoms with van der Waals surface area (Å²) < 4.78 is 4.70. The molecule has 3 rings (SSSR count). The van der Waals surface area contributed by atoms with Crippen molar-refractivity contribution in [1.82, 2.24) is 0 Å². The smallest absolute Gasteiger partial charge is 0.331 e. The summed E-state index contributed by atoms with van der Waals surface area (Å²) in [5.74, 6) is -1.58. The number of thiophene rings is 2. The van der Waals surface area contributed by atoms with Gasteiger partial charge in [-0.25, -0.2) is 9.59 Å². The van der Waals surface area contributed by atoms with Crippen molar-refractivity contribution in [2.45, 2.75) is 6.92 Å². The molecule has 3 heterocycles. The van der Waals surface area contributed by atoms with Crippen molar-refractivity contribution in [2.24, 2.45) is 0 Å². The maximum Gasteiger partial charge on any atom is 0.331 e. The molecule has 0 aliphatic carbocycles. The summed E-state index contributed by atoms with van der Waals surface area (Å²) in [4.78, 5) is 40.9. The zero-order valence-corrected chi connectivity index (χ0v) is 13.8. The van der Waals surface area contributed by atoms with Gasteiger partial charge in [0.15, 0.2) is 0 Å². The van der Waals surface area contributed by atoms with Crippen molar-refractivity contribution in [3.63, 3.8) is 0 Å². The number of esters is 1. The van der Waals surface area contributed by atoms with Crippen LogP contribution in [0.3, 0.4) is 0 Å². The Labute approximate surface area is 139 Å². The van der Waals surface area contributed by atoms with Crippen LogP contribution in [0.15, 0.2) is 27.6 Å². The molecule has 0 N–H and O–H groups in total. The molecule has 0 unspecified atom stereocenters. The van der Waals surface area contributed by atoms with E-state index < -0.39 is 17.8 Å². The Morgan fingerprint density at radius 3 is 2.43 bits per heavy atom. The van der Waals surface area contributed by atoms with E-state index in [1.54, 1.807) is 21.5 Å². The van der Waals surface area contributed by atoms with Crippen LogP contribution in [0.2, 0.25) is 0 Å². The Hall–Kier alpha value is -2.45. The number of hydrogen-bond acceptors (Lipinski definition) is 7. The summed E-state index contributed by atoms with van der Waals surface area (Å²) in [6, 6.07) is 0. The van der Waals surface area contributed by atoms with E-state index in [0.717, 1.165) is 5.06 Å². The van der Waals surface area contributed by atoms with Crippen LogP contribution in [0.5, 0.6) is 0 Å². The van der Waals surface area contributed by atoms with Crippen LogP contribution in [0.4, 0.5) is 5.69 Å². The predicted molar refractivity (Wildman–Crippen MR) is 86.3 cm³/mol.